The van der Waals surface area contributed by atoms with Crippen LogP contribution in [0.2, 0.25) is 0 Å². The van der Waals surface area contributed by atoms with Gasteiger partial charge in [0, 0.05) is 6.42 Å². The van der Waals surface area contributed by atoms with Crippen molar-refractivity contribution in [2.24, 2.45) is 0 Å². The predicted molar refractivity (Wildman–Crippen MR) is 88.3 cm³/mol. The molecule has 0 amide bonds. The summed E-state index contributed by atoms with van der Waals surface area (Å²) in [6, 6.07) is 0. The Kier molecular flexibility index (Phi) is 8.73. The zero-order chi connectivity index (χ0) is 14.8. The van der Waals surface area contributed by atoms with Gasteiger partial charge in [0.2, 0.25) is 3.68 Å². The van der Waals surface area contributed by atoms with Crippen LogP contribution >= 0.6 is 22.6 Å². The quantitative estimate of drug-likeness (QED) is 0.236. The summed E-state index contributed by atoms with van der Waals surface area (Å²) in [4.78, 5) is 0. The van der Waals surface area contributed by atoms with Crippen molar-refractivity contribution in [2.75, 3.05) is 6.61 Å². The highest BCUT2D eigenvalue weighted by Crippen LogP contribution is 2.40. The lowest BCUT2D eigenvalue weighted by Gasteiger charge is -2.20. The van der Waals surface area contributed by atoms with Crippen LogP contribution in [0, 0.1) is 0 Å². The van der Waals surface area contributed by atoms with Gasteiger partial charge in [0.25, 0.3) is 0 Å². The topological polar surface area (TPSA) is 9.23 Å². The van der Waals surface area contributed by atoms with Crippen molar-refractivity contribution in [3.05, 3.63) is 23.7 Å². The first-order valence-corrected chi connectivity index (χ1v) is 8.73. The van der Waals surface area contributed by atoms with Crippen molar-refractivity contribution in [3.8, 4) is 0 Å². The summed E-state index contributed by atoms with van der Waals surface area (Å²) >= 11 is 1.49. The minimum atomic E-state index is -1.93. The van der Waals surface area contributed by atoms with E-state index in [2.05, 4.69) is 6.92 Å². The highest BCUT2D eigenvalue weighted by atomic mass is 127. The molecule has 1 aliphatic rings. The summed E-state index contributed by atoms with van der Waals surface area (Å²) in [5, 5.41) is 0. The molecular weight excluding hydrogens is 373 g/mol. The number of halogens is 3. The summed E-state index contributed by atoms with van der Waals surface area (Å²) in [5.41, 5.74) is 0. The molecule has 0 heterocycles. The molecule has 0 fully saturated rings. The van der Waals surface area contributed by atoms with E-state index in [1.807, 2.05) is 0 Å². The first kappa shape index (κ1) is 17.9. The van der Waals surface area contributed by atoms with Crippen LogP contribution in [0.4, 0.5) is 8.78 Å². The number of hydrogen-bond acceptors (Lipinski definition) is 1. The van der Waals surface area contributed by atoms with E-state index in [0.717, 1.165) is 12.8 Å². The molecule has 0 spiro atoms. The lowest BCUT2D eigenvalue weighted by Crippen LogP contribution is -2.18. The zero-order valence-electron chi connectivity index (χ0n) is 12.3. The first-order valence-electron chi connectivity index (χ1n) is 7.65. The van der Waals surface area contributed by atoms with Gasteiger partial charge < -0.3 is 4.74 Å². The van der Waals surface area contributed by atoms with Crippen molar-refractivity contribution in [2.45, 2.75) is 68.4 Å². The molecule has 1 aliphatic carbocycles. The maximum atomic E-state index is 13.7. The molecule has 1 rings (SSSR count). The second kappa shape index (κ2) is 9.74. The summed E-state index contributed by atoms with van der Waals surface area (Å²) in [6.07, 6.45) is 12.9. The van der Waals surface area contributed by atoms with Crippen molar-refractivity contribution >= 4 is 22.6 Å². The SMILES string of the molecule is CCCCCCCCCCOC1=C(F)C(F)(I)CC=C1. The van der Waals surface area contributed by atoms with Gasteiger partial charge in [0.05, 0.1) is 6.61 Å². The maximum Gasteiger partial charge on any atom is 0.219 e. The molecule has 0 aromatic carbocycles. The standard InChI is InChI=1S/C16H25F2IO/c1-2-3-4-5-6-7-8-9-13-20-14-11-10-12-16(18,19)15(14)17/h10-11H,2-9,12-13H2,1H3. The van der Waals surface area contributed by atoms with Gasteiger partial charge in [-0.25, -0.2) is 8.78 Å². The summed E-state index contributed by atoms with van der Waals surface area (Å²) < 4.78 is 30.8. The van der Waals surface area contributed by atoms with Crippen LogP contribution in [0.15, 0.2) is 23.7 Å². The molecule has 0 aliphatic heterocycles. The minimum Gasteiger partial charge on any atom is -0.491 e. The average Bonchev–Trinajstić information content (AvgIpc) is 2.41. The fourth-order valence-electron chi connectivity index (χ4n) is 2.19. The van der Waals surface area contributed by atoms with Crippen LogP contribution in [0.5, 0.6) is 0 Å². The average molecular weight is 398 g/mol. The molecule has 1 unspecified atom stereocenters. The number of hydrogen-bond donors (Lipinski definition) is 0. The van der Waals surface area contributed by atoms with Gasteiger partial charge >= 0.3 is 0 Å². The molecule has 0 saturated carbocycles. The molecule has 116 valence electrons. The van der Waals surface area contributed by atoms with E-state index in [4.69, 9.17) is 4.74 Å². The van der Waals surface area contributed by atoms with E-state index in [1.54, 1.807) is 6.08 Å². The van der Waals surface area contributed by atoms with E-state index >= 15 is 0 Å². The highest BCUT2D eigenvalue weighted by Gasteiger charge is 2.35. The molecule has 0 radical (unpaired) electrons. The fraction of sp³-hybridized carbons (Fsp3) is 0.750. The van der Waals surface area contributed by atoms with E-state index in [1.165, 1.54) is 67.2 Å². The molecule has 0 aromatic rings. The van der Waals surface area contributed by atoms with Crippen LogP contribution in [0.1, 0.15) is 64.7 Å². The zero-order valence-corrected chi connectivity index (χ0v) is 14.4. The fourth-order valence-corrected chi connectivity index (χ4v) is 2.71. The third-order valence-electron chi connectivity index (χ3n) is 3.44. The van der Waals surface area contributed by atoms with Crippen LogP contribution in [-0.4, -0.2) is 10.3 Å². The Bertz CT molecular complexity index is 337. The molecule has 20 heavy (non-hydrogen) atoms. The minimum absolute atomic E-state index is 0.0658. The van der Waals surface area contributed by atoms with Crippen molar-refractivity contribution < 1.29 is 13.5 Å². The predicted octanol–water partition coefficient (Wildman–Crippen LogP) is 6.39. The number of rotatable bonds is 10. The van der Waals surface area contributed by atoms with Gasteiger partial charge in [0.1, 0.15) is 0 Å². The van der Waals surface area contributed by atoms with Gasteiger partial charge in [-0.15, -0.1) is 0 Å². The molecule has 1 nitrogen and oxygen atoms in total. The van der Waals surface area contributed by atoms with Gasteiger partial charge in [-0.3, -0.25) is 0 Å². The molecule has 4 heteroatoms. The number of alkyl halides is 2. The first-order chi connectivity index (χ1) is 9.58. The Morgan fingerprint density at radius 3 is 2.40 bits per heavy atom. The normalized spacial score (nSPS) is 22.4. The monoisotopic (exact) mass is 398 g/mol. The third-order valence-corrected chi connectivity index (χ3v) is 4.35. The van der Waals surface area contributed by atoms with Gasteiger partial charge in [-0.05, 0) is 35.1 Å². The van der Waals surface area contributed by atoms with Gasteiger partial charge in [-0.2, -0.15) is 0 Å². The molecular formula is C16H25F2IO. The van der Waals surface area contributed by atoms with E-state index < -0.39 is 9.50 Å². The Balaban J connectivity index is 2.08. The van der Waals surface area contributed by atoms with Crippen molar-refractivity contribution in [1.29, 1.82) is 0 Å². The highest BCUT2D eigenvalue weighted by molar-refractivity contribution is 14.1. The van der Waals surface area contributed by atoms with Crippen LogP contribution in [0.3, 0.4) is 0 Å². The summed E-state index contributed by atoms with van der Waals surface area (Å²) in [7, 11) is 0. The number of unbranched alkanes of at least 4 members (excludes halogenated alkanes) is 7. The van der Waals surface area contributed by atoms with E-state index in [0.29, 0.717) is 6.61 Å². The molecule has 0 saturated heterocycles. The van der Waals surface area contributed by atoms with Crippen LogP contribution in [0.25, 0.3) is 0 Å². The van der Waals surface area contributed by atoms with Gasteiger partial charge in [-0.1, -0.05) is 57.9 Å². The molecule has 0 aromatic heterocycles. The Hall–Kier alpha value is -0.130. The molecule has 1 atom stereocenters. The van der Waals surface area contributed by atoms with Gasteiger partial charge in [0.15, 0.2) is 11.6 Å². The second-order valence-electron chi connectivity index (χ2n) is 5.31. The largest absolute Gasteiger partial charge is 0.491 e. The smallest absolute Gasteiger partial charge is 0.219 e. The van der Waals surface area contributed by atoms with Crippen molar-refractivity contribution in [1.82, 2.24) is 0 Å². The second-order valence-corrected chi connectivity index (χ2v) is 7.02. The Morgan fingerprint density at radius 1 is 1.15 bits per heavy atom. The lowest BCUT2D eigenvalue weighted by atomic mass is 10.1. The Labute approximate surface area is 135 Å². The summed E-state index contributed by atoms with van der Waals surface area (Å²) in [5.74, 6) is -0.712. The third kappa shape index (κ3) is 6.55. The summed E-state index contributed by atoms with van der Waals surface area (Å²) in [6.45, 7) is 2.68. The Morgan fingerprint density at radius 2 is 1.75 bits per heavy atom. The molecule has 0 bridgehead atoms. The molecule has 0 N–H and O–H groups in total. The van der Waals surface area contributed by atoms with Crippen molar-refractivity contribution in [3.63, 3.8) is 0 Å². The number of ether oxygens (including phenoxy) is 1. The van der Waals surface area contributed by atoms with E-state index in [9.17, 15) is 8.78 Å². The number of allylic oxidation sites excluding steroid dienone is 3. The maximum absolute atomic E-state index is 13.7. The van der Waals surface area contributed by atoms with E-state index in [-0.39, 0.29) is 12.2 Å². The lowest BCUT2D eigenvalue weighted by molar-refractivity contribution is 0.186. The van der Waals surface area contributed by atoms with Crippen LogP contribution < -0.4 is 0 Å². The van der Waals surface area contributed by atoms with Crippen LogP contribution in [-0.2, 0) is 4.74 Å².